The normalized spacial score (nSPS) is 20.7. The van der Waals surface area contributed by atoms with E-state index in [-0.39, 0.29) is 5.91 Å². The van der Waals surface area contributed by atoms with E-state index in [4.69, 9.17) is 5.11 Å². The minimum atomic E-state index is -4.44. The number of alkyl halides is 3. The average molecular weight is 341 g/mol. The van der Waals surface area contributed by atoms with E-state index in [0.717, 1.165) is 12.1 Å². The third-order valence-electron chi connectivity index (χ3n) is 5.03. The Kier molecular flexibility index (Phi) is 4.05. The molecule has 1 saturated carbocycles. The van der Waals surface area contributed by atoms with Crippen LogP contribution < -0.4 is 0 Å². The third-order valence-corrected chi connectivity index (χ3v) is 5.03. The van der Waals surface area contributed by atoms with Crippen LogP contribution in [0.3, 0.4) is 0 Å². The number of hydrogen-bond donors (Lipinski definition) is 1. The number of carbonyl (C=O) groups is 2. The second kappa shape index (κ2) is 5.79. The van der Waals surface area contributed by atoms with Gasteiger partial charge in [-0.3, -0.25) is 9.59 Å². The van der Waals surface area contributed by atoms with Crippen molar-refractivity contribution in [3.8, 4) is 0 Å². The summed E-state index contributed by atoms with van der Waals surface area (Å²) in [6.07, 6.45) is -2.59. The van der Waals surface area contributed by atoms with E-state index in [1.54, 1.807) is 11.0 Å². The number of aliphatic carboxylic acids is 1. The summed E-state index contributed by atoms with van der Waals surface area (Å²) in [5.74, 6) is -1.48. The fourth-order valence-corrected chi connectivity index (χ4v) is 3.38. The zero-order valence-electron chi connectivity index (χ0n) is 13.0. The van der Waals surface area contributed by atoms with Gasteiger partial charge in [-0.05, 0) is 37.3 Å². The molecule has 1 aromatic carbocycles. The standard InChI is InChI=1S/C17H18F3NO3/c18-17(19,20)13-3-1-2-12(10-13)16(6-7-16)15(24)21-8-4-11(5-9-21)14(22)23/h1-3,10-11H,4-9H2,(H,22,23). The van der Waals surface area contributed by atoms with E-state index in [9.17, 15) is 22.8 Å². The molecule has 2 fully saturated rings. The lowest BCUT2D eigenvalue weighted by molar-refractivity contribution is -0.146. The Morgan fingerprint density at radius 2 is 1.79 bits per heavy atom. The summed E-state index contributed by atoms with van der Waals surface area (Å²) in [6.45, 7) is 0.688. The zero-order valence-corrected chi connectivity index (χ0v) is 13.0. The number of hydrogen-bond acceptors (Lipinski definition) is 2. The maximum absolute atomic E-state index is 12.9. The monoisotopic (exact) mass is 341 g/mol. The smallest absolute Gasteiger partial charge is 0.416 e. The molecular formula is C17H18F3NO3. The summed E-state index contributed by atoms with van der Waals surface area (Å²) in [7, 11) is 0. The molecule has 0 spiro atoms. The largest absolute Gasteiger partial charge is 0.481 e. The molecule has 1 amide bonds. The van der Waals surface area contributed by atoms with Crippen LogP contribution in [0, 0.1) is 5.92 Å². The van der Waals surface area contributed by atoms with Gasteiger partial charge in [-0.1, -0.05) is 18.2 Å². The van der Waals surface area contributed by atoms with E-state index >= 15 is 0 Å². The molecular weight excluding hydrogens is 323 g/mol. The maximum atomic E-state index is 12.9. The molecule has 3 rings (SSSR count). The molecule has 7 heteroatoms. The fourth-order valence-electron chi connectivity index (χ4n) is 3.38. The number of amides is 1. The van der Waals surface area contributed by atoms with Crippen molar-refractivity contribution < 1.29 is 27.9 Å². The van der Waals surface area contributed by atoms with Gasteiger partial charge in [0, 0.05) is 13.1 Å². The Morgan fingerprint density at radius 1 is 1.17 bits per heavy atom. The van der Waals surface area contributed by atoms with Gasteiger partial charge >= 0.3 is 12.1 Å². The van der Waals surface area contributed by atoms with Crippen LogP contribution in [0.15, 0.2) is 24.3 Å². The van der Waals surface area contributed by atoms with Crippen LogP contribution in [0.2, 0.25) is 0 Å². The van der Waals surface area contributed by atoms with Crippen molar-refractivity contribution in [2.75, 3.05) is 13.1 Å². The number of halogens is 3. The molecule has 0 unspecified atom stereocenters. The zero-order chi connectivity index (χ0) is 17.5. The summed E-state index contributed by atoms with van der Waals surface area (Å²) in [5, 5.41) is 9.01. The Balaban J connectivity index is 1.77. The van der Waals surface area contributed by atoms with Crippen LogP contribution in [0.5, 0.6) is 0 Å². The first-order valence-electron chi connectivity index (χ1n) is 7.94. The van der Waals surface area contributed by atoms with Crippen LogP contribution in [-0.4, -0.2) is 35.0 Å². The van der Waals surface area contributed by atoms with Crippen molar-refractivity contribution in [2.45, 2.75) is 37.3 Å². The predicted molar refractivity (Wildman–Crippen MR) is 79.3 cm³/mol. The lowest BCUT2D eigenvalue weighted by Crippen LogP contribution is -2.45. The minimum Gasteiger partial charge on any atom is -0.481 e. The van der Waals surface area contributed by atoms with Crippen molar-refractivity contribution in [3.63, 3.8) is 0 Å². The maximum Gasteiger partial charge on any atom is 0.416 e. The van der Waals surface area contributed by atoms with Crippen molar-refractivity contribution in [2.24, 2.45) is 5.92 Å². The second-order valence-electron chi connectivity index (χ2n) is 6.57. The summed E-state index contributed by atoms with van der Waals surface area (Å²) in [6, 6.07) is 4.98. The molecule has 1 aliphatic carbocycles. The highest BCUT2D eigenvalue weighted by Gasteiger charge is 2.53. The highest BCUT2D eigenvalue weighted by Crippen LogP contribution is 2.50. The molecule has 0 atom stereocenters. The fraction of sp³-hybridized carbons (Fsp3) is 0.529. The van der Waals surface area contributed by atoms with Gasteiger partial charge in [0.15, 0.2) is 0 Å². The first-order chi connectivity index (χ1) is 11.2. The SMILES string of the molecule is O=C(O)C1CCN(C(=O)C2(c3cccc(C(F)(F)F)c3)CC2)CC1. The Morgan fingerprint density at radius 3 is 2.29 bits per heavy atom. The molecule has 1 aromatic rings. The third kappa shape index (κ3) is 2.99. The molecule has 4 nitrogen and oxygen atoms in total. The Bertz CT molecular complexity index is 659. The van der Waals surface area contributed by atoms with Crippen LogP contribution >= 0.6 is 0 Å². The predicted octanol–water partition coefficient (Wildman–Crippen LogP) is 3.06. The molecule has 0 aromatic heterocycles. The topological polar surface area (TPSA) is 57.6 Å². The number of nitrogens with zero attached hydrogens (tertiary/aromatic N) is 1. The van der Waals surface area contributed by atoms with Gasteiger partial charge in [0.2, 0.25) is 5.91 Å². The molecule has 1 N–H and O–H groups in total. The first kappa shape index (κ1) is 16.8. The van der Waals surface area contributed by atoms with Gasteiger partial charge in [-0.2, -0.15) is 13.2 Å². The van der Waals surface area contributed by atoms with Gasteiger partial charge in [-0.25, -0.2) is 0 Å². The number of carbonyl (C=O) groups excluding carboxylic acids is 1. The van der Waals surface area contributed by atoms with Crippen LogP contribution in [0.4, 0.5) is 13.2 Å². The van der Waals surface area contributed by atoms with Crippen molar-refractivity contribution in [3.05, 3.63) is 35.4 Å². The van der Waals surface area contributed by atoms with E-state index in [1.807, 2.05) is 0 Å². The number of piperidine rings is 1. The quantitative estimate of drug-likeness (QED) is 0.919. The number of carboxylic acids is 1. The van der Waals surface area contributed by atoms with Crippen LogP contribution in [0.1, 0.15) is 36.8 Å². The van der Waals surface area contributed by atoms with Crippen LogP contribution in [-0.2, 0) is 21.2 Å². The summed E-state index contributed by atoms with van der Waals surface area (Å²) in [4.78, 5) is 25.4. The summed E-state index contributed by atoms with van der Waals surface area (Å²) < 4.78 is 38.7. The number of rotatable bonds is 3. The molecule has 1 saturated heterocycles. The molecule has 1 aliphatic heterocycles. The average Bonchev–Trinajstić information content (AvgIpc) is 3.35. The molecule has 0 radical (unpaired) electrons. The number of likely N-dealkylation sites (tertiary alicyclic amines) is 1. The van der Waals surface area contributed by atoms with Crippen molar-refractivity contribution in [1.29, 1.82) is 0 Å². The molecule has 2 aliphatic rings. The van der Waals surface area contributed by atoms with Crippen molar-refractivity contribution >= 4 is 11.9 Å². The van der Waals surface area contributed by atoms with E-state index in [0.29, 0.717) is 44.3 Å². The first-order valence-corrected chi connectivity index (χ1v) is 7.94. The number of benzene rings is 1. The molecule has 130 valence electrons. The lowest BCUT2D eigenvalue weighted by atomic mass is 9.90. The Labute approximate surface area is 137 Å². The highest BCUT2D eigenvalue weighted by molar-refractivity contribution is 5.91. The van der Waals surface area contributed by atoms with E-state index in [2.05, 4.69) is 0 Å². The molecule has 0 bridgehead atoms. The van der Waals surface area contributed by atoms with Crippen LogP contribution in [0.25, 0.3) is 0 Å². The van der Waals surface area contributed by atoms with Gasteiger partial charge in [0.05, 0.1) is 16.9 Å². The Hall–Kier alpha value is -2.05. The lowest BCUT2D eigenvalue weighted by Gasteiger charge is -2.33. The van der Waals surface area contributed by atoms with E-state index < -0.39 is 29.0 Å². The summed E-state index contributed by atoms with van der Waals surface area (Å²) in [5.41, 5.74) is -1.21. The second-order valence-corrected chi connectivity index (χ2v) is 6.57. The van der Waals surface area contributed by atoms with Gasteiger partial charge in [0.1, 0.15) is 0 Å². The van der Waals surface area contributed by atoms with Gasteiger partial charge in [0.25, 0.3) is 0 Å². The van der Waals surface area contributed by atoms with E-state index in [1.165, 1.54) is 6.07 Å². The minimum absolute atomic E-state index is 0.175. The highest BCUT2D eigenvalue weighted by atomic mass is 19.4. The number of carboxylic acid groups (broad SMARTS) is 1. The van der Waals surface area contributed by atoms with Gasteiger partial charge < -0.3 is 10.0 Å². The summed E-state index contributed by atoms with van der Waals surface area (Å²) >= 11 is 0. The van der Waals surface area contributed by atoms with Gasteiger partial charge in [-0.15, -0.1) is 0 Å². The van der Waals surface area contributed by atoms with Crippen molar-refractivity contribution in [1.82, 2.24) is 4.90 Å². The molecule has 1 heterocycles. The molecule has 24 heavy (non-hydrogen) atoms.